The molecule has 2 aliphatic rings. The molecule has 0 aromatic carbocycles. The van der Waals surface area contributed by atoms with Gasteiger partial charge in [-0.15, -0.1) is 0 Å². The Bertz CT molecular complexity index is 210. The van der Waals surface area contributed by atoms with E-state index >= 15 is 0 Å². The third kappa shape index (κ3) is 2.52. The van der Waals surface area contributed by atoms with Gasteiger partial charge < -0.3 is 9.84 Å². The van der Waals surface area contributed by atoms with Crippen molar-refractivity contribution in [2.24, 2.45) is 0 Å². The van der Waals surface area contributed by atoms with E-state index in [2.05, 4.69) is 18.9 Å². The average Bonchev–Trinajstić information content (AvgIpc) is 2.63. The molecule has 1 aliphatic carbocycles. The molecule has 1 heterocycles. The highest BCUT2D eigenvalue weighted by atomic mass is 16.5. The lowest BCUT2D eigenvalue weighted by atomic mass is 9.90. The van der Waals surface area contributed by atoms with Crippen LogP contribution in [-0.2, 0) is 4.74 Å². The number of aliphatic hydroxyl groups is 1. The average molecular weight is 213 g/mol. The van der Waals surface area contributed by atoms with Gasteiger partial charge in [0, 0.05) is 18.7 Å². The standard InChI is InChI=1S/C12H23NO2/c1-9-12(6-7-15-9)13(2)10-4-3-5-11(14)8-10/h9-12,14H,3-8H2,1-2H3. The molecule has 0 aromatic rings. The second-order valence-electron chi connectivity index (χ2n) is 5.07. The van der Waals surface area contributed by atoms with E-state index in [4.69, 9.17) is 4.74 Å². The van der Waals surface area contributed by atoms with Crippen molar-refractivity contribution in [1.29, 1.82) is 0 Å². The van der Waals surface area contributed by atoms with Crippen molar-refractivity contribution < 1.29 is 9.84 Å². The van der Waals surface area contributed by atoms with E-state index < -0.39 is 0 Å². The molecule has 0 amide bonds. The van der Waals surface area contributed by atoms with Gasteiger partial charge in [0.05, 0.1) is 12.2 Å². The first-order chi connectivity index (χ1) is 7.18. The molecule has 88 valence electrons. The minimum absolute atomic E-state index is 0.0798. The molecule has 2 fully saturated rings. The number of ether oxygens (including phenoxy) is 1. The van der Waals surface area contributed by atoms with Gasteiger partial charge in [-0.3, -0.25) is 4.90 Å². The number of nitrogens with zero attached hydrogens (tertiary/aromatic N) is 1. The van der Waals surface area contributed by atoms with Crippen LogP contribution in [0.4, 0.5) is 0 Å². The molecule has 3 heteroatoms. The number of hydrogen-bond acceptors (Lipinski definition) is 3. The minimum Gasteiger partial charge on any atom is -0.393 e. The Labute approximate surface area is 92.4 Å². The SMILES string of the molecule is CC1OCCC1N(C)C1CCCC(O)C1. The highest BCUT2D eigenvalue weighted by Gasteiger charge is 2.33. The molecule has 0 aromatic heterocycles. The van der Waals surface area contributed by atoms with Crippen LogP contribution in [0.1, 0.15) is 39.0 Å². The Balaban J connectivity index is 1.91. The van der Waals surface area contributed by atoms with Gasteiger partial charge in [0.1, 0.15) is 0 Å². The molecule has 2 rings (SSSR count). The molecule has 1 aliphatic heterocycles. The third-order valence-corrected chi connectivity index (χ3v) is 4.05. The number of rotatable bonds is 2. The maximum Gasteiger partial charge on any atom is 0.0703 e. The summed E-state index contributed by atoms with van der Waals surface area (Å²) in [6.45, 7) is 3.05. The summed E-state index contributed by atoms with van der Waals surface area (Å²) in [6.07, 6.45) is 5.75. The highest BCUT2D eigenvalue weighted by Crippen LogP contribution is 2.27. The van der Waals surface area contributed by atoms with Gasteiger partial charge in [-0.05, 0) is 46.1 Å². The van der Waals surface area contributed by atoms with Gasteiger partial charge in [-0.1, -0.05) is 0 Å². The number of likely N-dealkylation sites (N-methyl/N-ethyl adjacent to an activating group) is 1. The first kappa shape index (κ1) is 11.4. The van der Waals surface area contributed by atoms with Crippen LogP contribution >= 0.6 is 0 Å². The van der Waals surface area contributed by atoms with Crippen molar-refractivity contribution >= 4 is 0 Å². The molecule has 3 nitrogen and oxygen atoms in total. The monoisotopic (exact) mass is 213 g/mol. The van der Waals surface area contributed by atoms with Crippen LogP contribution in [0, 0.1) is 0 Å². The van der Waals surface area contributed by atoms with Gasteiger partial charge >= 0.3 is 0 Å². The predicted molar refractivity (Wildman–Crippen MR) is 59.8 cm³/mol. The van der Waals surface area contributed by atoms with Crippen molar-refractivity contribution in [2.75, 3.05) is 13.7 Å². The quantitative estimate of drug-likeness (QED) is 0.752. The second kappa shape index (κ2) is 4.81. The van der Waals surface area contributed by atoms with Gasteiger partial charge in [-0.25, -0.2) is 0 Å². The molecule has 4 unspecified atom stereocenters. The van der Waals surface area contributed by atoms with E-state index in [9.17, 15) is 5.11 Å². The molecule has 1 N–H and O–H groups in total. The summed E-state index contributed by atoms with van der Waals surface area (Å²) in [5, 5.41) is 9.68. The molecule has 0 bridgehead atoms. The molecule has 1 saturated carbocycles. The van der Waals surface area contributed by atoms with Crippen molar-refractivity contribution in [3.63, 3.8) is 0 Å². The lowest BCUT2D eigenvalue weighted by Gasteiger charge is -2.38. The Morgan fingerprint density at radius 2 is 2.07 bits per heavy atom. The zero-order chi connectivity index (χ0) is 10.8. The second-order valence-corrected chi connectivity index (χ2v) is 5.07. The van der Waals surface area contributed by atoms with Gasteiger partial charge in [0.15, 0.2) is 0 Å². The summed E-state index contributed by atoms with van der Waals surface area (Å²) in [6, 6.07) is 1.11. The predicted octanol–water partition coefficient (Wildman–Crippen LogP) is 1.40. The molecule has 0 spiro atoms. The zero-order valence-electron chi connectivity index (χ0n) is 9.85. The van der Waals surface area contributed by atoms with Crippen molar-refractivity contribution in [2.45, 2.75) is 63.3 Å². The van der Waals surface area contributed by atoms with E-state index in [1.165, 1.54) is 6.42 Å². The van der Waals surface area contributed by atoms with Crippen LogP contribution in [0.3, 0.4) is 0 Å². The largest absolute Gasteiger partial charge is 0.393 e. The molecule has 1 saturated heterocycles. The van der Waals surface area contributed by atoms with Crippen molar-refractivity contribution in [3.8, 4) is 0 Å². The normalized spacial score (nSPS) is 42.4. The first-order valence-corrected chi connectivity index (χ1v) is 6.20. The lowest BCUT2D eigenvalue weighted by Crippen LogP contribution is -2.46. The summed E-state index contributed by atoms with van der Waals surface area (Å²) in [5.74, 6) is 0. The topological polar surface area (TPSA) is 32.7 Å². The maximum absolute atomic E-state index is 9.68. The van der Waals surface area contributed by atoms with E-state index in [1.54, 1.807) is 0 Å². The van der Waals surface area contributed by atoms with Crippen LogP contribution in [0.25, 0.3) is 0 Å². The highest BCUT2D eigenvalue weighted by molar-refractivity contribution is 4.87. The number of aliphatic hydroxyl groups excluding tert-OH is 1. The molecule has 0 radical (unpaired) electrons. The van der Waals surface area contributed by atoms with Crippen LogP contribution in [-0.4, -0.2) is 48.0 Å². The fourth-order valence-electron chi connectivity index (χ4n) is 3.03. The maximum atomic E-state index is 9.68. The Kier molecular flexibility index (Phi) is 3.65. The fourth-order valence-corrected chi connectivity index (χ4v) is 3.03. The minimum atomic E-state index is -0.0798. The van der Waals surface area contributed by atoms with E-state index in [0.717, 1.165) is 32.3 Å². The van der Waals surface area contributed by atoms with E-state index in [-0.39, 0.29) is 6.10 Å². The van der Waals surface area contributed by atoms with Crippen molar-refractivity contribution in [3.05, 3.63) is 0 Å². The zero-order valence-corrected chi connectivity index (χ0v) is 9.85. The van der Waals surface area contributed by atoms with Crippen LogP contribution in [0.5, 0.6) is 0 Å². The molecular formula is C12H23NO2. The fraction of sp³-hybridized carbons (Fsp3) is 1.00. The third-order valence-electron chi connectivity index (χ3n) is 4.05. The molecule has 15 heavy (non-hydrogen) atoms. The van der Waals surface area contributed by atoms with E-state index in [0.29, 0.717) is 18.2 Å². The van der Waals surface area contributed by atoms with Gasteiger partial charge in [0.2, 0.25) is 0 Å². The summed E-state index contributed by atoms with van der Waals surface area (Å²) in [4.78, 5) is 2.44. The van der Waals surface area contributed by atoms with E-state index in [1.807, 2.05) is 0 Å². The first-order valence-electron chi connectivity index (χ1n) is 6.20. The van der Waals surface area contributed by atoms with Crippen LogP contribution in [0.15, 0.2) is 0 Å². The molecular weight excluding hydrogens is 190 g/mol. The summed E-state index contributed by atoms with van der Waals surface area (Å²) in [5.41, 5.74) is 0. The molecule has 4 atom stereocenters. The summed E-state index contributed by atoms with van der Waals surface area (Å²) < 4.78 is 5.60. The van der Waals surface area contributed by atoms with Crippen LogP contribution < -0.4 is 0 Å². The smallest absolute Gasteiger partial charge is 0.0703 e. The number of hydrogen-bond donors (Lipinski definition) is 1. The Morgan fingerprint density at radius 1 is 1.27 bits per heavy atom. The Hall–Kier alpha value is -0.120. The summed E-state index contributed by atoms with van der Waals surface area (Å²) >= 11 is 0. The summed E-state index contributed by atoms with van der Waals surface area (Å²) in [7, 11) is 2.19. The van der Waals surface area contributed by atoms with Crippen LogP contribution in [0.2, 0.25) is 0 Å². The van der Waals surface area contributed by atoms with Gasteiger partial charge in [0.25, 0.3) is 0 Å². The lowest BCUT2D eigenvalue weighted by molar-refractivity contribution is 0.0285. The van der Waals surface area contributed by atoms with Crippen molar-refractivity contribution in [1.82, 2.24) is 4.90 Å². The Morgan fingerprint density at radius 3 is 2.67 bits per heavy atom. The van der Waals surface area contributed by atoms with Gasteiger partial charge in [-0.2, -0.15) is 0 Å².